The van der Waals surface area contributed by atoms with Crippen LogP contribution in [-0.4, -0.2) is 30.3 Å². The molecule has 6 nitrogen and oxygen atoms in total. The van der Waals surface area contributed by atoms with Crippen molar-refractivity contribution in [1.82, 2.24) is 4.98 Å². The topological polar surface area (TPSA) is 81.8 Å². The van der Waals surface area contributed by atoms with Gasteiger partial charge in [-0.05, 0) is 38.0 Å². The molecule has 0 bridgehead atoms. The molecule has 25 heavy (non-hydrogen) atoms. The van der Waals surface area contributed by atoms with Gasteiger partial charge in [0.15, 0.2) is 0 Å². The van der Waals surface area contributed by atoms with Crippen molar-refractivity contribution in [2.24, 2.45) is 0 Å². The quantitative estimate of drug-likeness (QED) is 0.634. The SMILES string of the molecule is COC(=O)c1c(/C=C\c2ncco2)cc(OC)c(CC=C(C)C)c1O. The fraction of sp³-hybridized carbons (Fsp3) is 0.263. The molecule has 0 radical (unpaired) electrons. The Bertz CT molecular complexity index is 800. The highest BCUT2D eigenvalue weighted by Gasteiger charge is 2.22. The highest BCUT2D eigenvalue weighted by atomic mass is 16.5. The van der Waals surface area contributed by atoms with Crippen molar-refractivity contribution in [3.05, 3.63) is 52.8 Å². The van der Waals surface area contributed by atoms with Crippen molar-refractivity contribution in [2.75, 3.05) is 14.2 Å². The van der Waals surface area contributed by atoms with Crippen LogP contribution >= 0.6 is 0 Å². The van der Waals surface area contributed by atoms with Gasteiger partial charge in [0, 0.05) is 11.6 Å². The molecule has 1 N–H and O–H groups in total. The molecule has 0 saturated heterocycles. The lowest BCUT2D eigenvalue weighted by molar-refractivity contribution is 0.0597. The summed E-state index contributed by atoms with van der Waals surface area (Å²) in [4.78, 5) is 16.2. The zero-order valence-corrected chi connectivity index (χ0v) is 14.7. The van der Waals surface area contributed by atoms with Gasteiger partial charge in [0.1, 0.15) is 23.3 Å². The van der Waals surface area contributed by atoms with Gasteiger partial charge in [0.05, 0.1) is 20.4 Å². The third kappa shape index (κ3) is 4.29. The summed E-state index contributed by atoms with van der Waals surface area (Å²) in [5.74, 6) is 0.0685. The number of carbonyl (C=O) groups is 1. The van der Waals surface area contributed by atoms with Gasteiger partial charge in [-0.2, -0.15) is 0 Å². The number of hydrogen-bond acceptors (Lipinski definition) is 6. The first kappa shape index (κ1) is 18.3. The van der Waals surface area contributed by atoms with Gasteiger partial charge >= 0.3 is 5.97 Å². The number of carbonyl (C=O) groups excluding carboxylic acids is 1. The second-order valence-corrected chi connectivity index (χ2v) is 5.55. The van der Waals surface area contributed by atoms with Crippen molar-refractivity contribution < 1.29 is 23.8 Å². The average Bonchev–Trinajstić information content (AvgIpc) is 3.11. The van der Waals surface area contributed by atoms with Crippen molar-refractivity contribution >= 4 is 18.1 Å². The third-order valence-corrected chi connectivity index (χ3v) is 3.58. The maximum Gasteiger partial charge on any atom is 0.342 e. The summed E-state index contributed by atoms with van der Waals surface area (Å²) in [6.45, 7) is 3.91. The molecule has 0 atom stereocenters. The second kappa shape index (κ2) is 8.19. The number of hydrogen-bond donors (Lipinski definition) is 1. The number of esters is 1. The zero-order chi connectivity index (χ0) is 18.4. The first-order valence-corrected chi connectivity index (χ1v) is 7.70. The molecule has 132 valence electrons. The number of aromatic hydroxyl groups is 1. The van der Waals surface area contributed by atoms with E-state index >= 15 is 0 Å². The molecule has 2 rings (SSSR count). The first-order chi connectivity index (χ1) is 12.0. The molecule has 0 amide bonds. The van der Waals surface area contributed by atoms with Crippen LogP contribution in [-0.2, 0) is 11.2 Å². The number of phenolic OH excluding ortho intramolecular Hbond substituents is 1. The molecule has 0 aliphatic carbocycles. The Hall–Kier alpha value is -3.02. The Morgan fingerprint density at radius 2 is 2.08 bits per heavy atom. The Morgan fingerprint density at radius 3 is 2.64 bits per heavy atom. The number of allylic oxidation sites excluding steroid dienone is 2. The van der Waals surface area contributed by atoms with Crippen LogP contribution in [0.1, 0.15) is 41.2 Å². The van der Waals surface area contributed by atoms with Crippen molar-refractivity contribution in [3.63, 3.8) is 0 Å². The summed E-state index contributed by atoms with van der Waals surface area (Å²) < 4.78 is 15.4. The van der Waals surface area contributed by atoms with Crippen LogP contribution in [0.4, 0.5) is 0 Å². The van der Waals surface area contributed by atoms with E-state index in [0.717, 1.165) is 5.57 Å². The minimum Gasteiger partial charge on any atom is -0.507 e. The molecule has 2 aromatic rings. The lowest BCUT2D eigenvalue weighted by Crippen LogP contribution is -2.07. The lowest BCUT2D eigenvalue weighted by Gasteiger charge is -2.15. The van der Waals surface area contributed by atoms with Gasteiger partial charge in [-0.1, -0.05) is 11.6 Å². The summed E-state index contributed by atoms with van der Waals surface area (Å²) in [6.07, 6.45) is 8.55. The predicted octanol–water partition coefficient (Wildman–Crippen LogP) is 3.85. The van der Waals surface area contributed by atoms with E-state index < -0.39 is 5.97 Å². The summed E-state index contributed by atoms with van der Waals surface area (Å²) >= 11 is 0. The number of aromatic nitrogens is 1. The van der Waals surface area contributed by atoms with Crippen LogP contribution in [0.15, 0.2) is 34.6 Å². The summed E-state index contributed by atoms with van der Waals surface area (Å²) in [6, 6.07) is 1.68. The number of nitrogens with zero attached hydrogens (tertiary/aromatic N) is 1. The van der Waals surface area contributed by atoms with E-state index in [0.29, 0.717) is 29.2 Å². The molecule has 1 aromatic carbocycles. The van der Waals surface area contributed by atoms with Crippen molar-refractivity contribution in [2.45, 2.75) is 20.3 Å². The van der Waals surface area contributed by atoms with Crippen LogP contribution in [0.2, 0.25) is 0 Å². The normalized spacial score (nSPS) is 10.7. The van der Waals surface area contributed by atoms with Gasteiger partial charge < -0.3 is 19.0 Å². The Balaban J connectivity index is 2.59. The van der Waals surface area contributed by atoms with E-state index in [4.69, 9.17) is 13.9 Å². The molecule has 0 aliphatic rings. The molecule has 0 aliphatic heterocycles. The van der Waals surface area contributed by atoms with Crippen LogP contribution in [0.25, 0.3) is 12.2 Å². The monoisotopic (exact) mass is 343 g/mol. The van der Waals surface area contributed by atoms with Gasteiger partial charge in [0.2, 0.25) is 5.89 Å². The minimum atomic E-state index is -0.634. The van der Waals surface area contributed by atoms with Crippen LogP contribution in [0.3, 0.4) is 0 Å². The number of benzene rings is 1. The fourth-order valence-electron chi connectivity index (χ4n) is 2.32. The van der Waals surface area contributed by atoms with Gasteiger partial charge in [0.25, 0.3) is 0 Å². The summed E-state index contributed by atoms with van der Waals surface area (Å²) in [7, 11) is 2.78. The van der Waals surface area contributed by atoms with E-state index in [9.17, 15) is 9.90 Å². The number of ether oxygens (including phenoxy) is 2. The fourth-order valence-corrected chi connectivity index (χ4v) is 2.32. The van der Waals surface area contributed by atoms with Crippen LogP contribution in [0.5, 0.6) is 11.5 Å². The molecular formula is C19H21NO5. The van der Waals surface area contributed by atoms with Crippen molar-refractivity contribution in [3.8, 4) is 11.5 Å². The third-order valence-electron chi connectivity index (χ3n) is 3.58. The molecule has 6 heteroatoms. The largest absolute Gasteiger partial charge is 0.507 e. The minimum absolute atomic E-state index is 0.0725. The number of oxazole rings is 1. The van der Waals surface area contributed by atoms with Crippen LogP contribution < -0.4 is 4.74 Å². The van der Waals surface area contributed by atoms with E-state index in [2.05, 4.69) is 4.98 Å². The Kier molecular flexibility index (Phi) is 6.00. The predicted molar refractivity (Wildman–Crippen MR) is 94.6 cm³/mol. The van der Waals surface area contributed by atoms with Crippen molar-refractivity contribution in [1.29, 1.82) is 0 Å². The Morgan fingerprint density at radius 1 is 1.32 bits per heavy atom. The lowest BCUT2D eigenvalue weighted by atomic mass is 9.97. The summed E-state index contributed by atoms with van der Waals surface area (Å²) in [5, 5.41) is 10.7. The molecule has 0 spiro atoms. The first-order valence-electron chi connectivity index (χ1n) is 7.70. The Labute approximate surface area is 146 Å². The molecule has 0 saturated carbocycles. The second-order valence-electron chi connectivity index (χ2n) is 5.55. The standard InChI is InChI=1S/C19H21NO5/c1-12(2)5-7-14-15(23-3)11-13(6-8-16-20-9-10-25-16)17(18(14)21)19(22)24-4/h5-6,8-11,21H,7H2,1-4H3/b8-6-. The van der Waals surface area contributed by atoms with E-state index in [1.165, 1.54) is 26.7 Å². The summed E-state index contributed by atoms with van der Waals surface area (Å²) in [5.41, 5.74) is 2.13. The van der Waals surface area contributed by atoms with Gasteiger partial charge in [-0.3, -0.25) is 0 Å². The molecule has 0 unspecified atom stereocenters. The van der Waals surface area contributed by atoms with Gasteiger partial charge in [-0.15, -0.1) is 0 Å². The maximum absolute atomic E-state index is 12.2. The number of phenols is 1. The molecule has 1 heterocycles. The molecular weight excluding hydrogens is 322 g/mol. The average molecular weight is 343 g/mol. The van der Waals surface area contributed by atoms with Gasteiger partial charge in [-0.25, -0.2) is 9.78 Å². The highest BCUT2D eigenvalue weighted by Crippen LogP contribution is 2.36. The molecule has 1 aromatic heterocycles. The van der Waals surface area contributed by atoms with E-state index in [1.54, 1.807) is 18.2 Å². The van der Waals surface area contributed by atoms with E-state index in [-0.39, 0.29) is 11.3 Å². The smallest absolute Gasteiger partial charge is 0.342 e. The van der Waals surface area contributed by atoms with Crippen LogP contribution in [0, 0.1) is 0 Å². The highest BCUT2D eigenvalue weighted by molar-refractivity contribution is 5.98. The number of methoxy groups -OCH3 is 2. The number of rotatable bonds is 6. The van der Waals surface area contributed by atoms with E-state index in [1.807, 2.05) is 19.9 Å². The molecule has 0 fully saturated rings. The maximum atomic E-state index is 12.2. The zero-order valence-electron chi connectivity index (χ0n) is 14.7.